The van der Waals surface area contributed by atoms with Gasteiger partial charge in [0.2, 0.25) is 0 Å². The van der Waals surface area contributed by atoms with E-state index in [1.807, 2.05) is 0 Å². The van der Waals surface area contributed by atoms with Gasteiger partial charge < -0.3 is 9.47 Å². The monoisotopic (exact) mass is 208 g/mol. The predicted octanol–water partition coefficient (Wildman–Crippen LogP) is 1.36. The van der Waals surface area contributed by atoms with Crippen molar-refractivity contribution in [2.24, 2.45) is 23.7 Å². The van der Waals surface area contributed by atoms with Crippen molar-refractivity contribution >= 4 is 5.97 Å². The lowest BCUT2D eigenvalue weighted by Crippen LogP contribution is -2.34. The van der Waals surface area contributed by atoms with Gasteiger partial charge in [-0.1, -0.05) is 0 Å². The highest BCUT2D eigenvalue weighted by molar-refractivity contribution is 5.66. The second-order valence-corrected chi connectivity index (χ2v) is 5.66. The lowest BCUT2D eigenvalue weighted by atomic mass is 9.79. The van der Waals surface area contributed by atoms with E-state index in [4.69, 9.17) is 9.47 Å². The molecule has 0 aromatic carbocycles. The fourth-order valence-electron chi connectivity index (χ4n) is 4.60. The second-order valence-electron chi connectivity index (χ2n) is 5.66. The standard InChI is InChI=1S/C12H16O3/c1-5(13)14-9-3-6-2-8(9)11-7(6)4-10-12(11)15-10/h6-12H,2-4H2,1H3/t6-,7-,8-,9-,10+,11+,12+/m0/s1. The van der Waals surface area contributed by atoms with Crippen LogP contribution in [0.2, 0.25) is 0 Å². The van der Waals surface area contributed by atoms with Crippen LogP contribution in [-0.4, -0.2) is 24.3 Å². The first-order valence-corrected chi connectivity index (χ1v) is 6.06. The summed E-state index contributed by atoms with van der Waals surface area (Å²) in [5.74, 6) is 2.93. The van der Waals surface area contributed by atoms with E-state index in [1.54, 1.807) is 0 Å². The van der Waals surface area contributed by atoms with E-state index in [0.29, 0.717) is 18.1 Å². The molecule has 0 aromatic heterocycles. The number of rotatable bonds is 1. The Morgan fingerprint density at radius 3 is 2.93 bits per heavy atom. The molecule has 0 unspecified atom stereocenters. The Labute approximate surface area is 89.1 Å². The maximum absolute atomic E-state index is 11.0. The SMILES string of the molecule is CC(=O)O[C@H]1C[C@@H]2C[C@@H]1[C@H]1[C@H]2C[C@H]2O[C@@H]12. The van der Waals surface area contributed by atoms with Gasteiger partial charge in [-0.3, -0.25) is 4.79 Å². The third kappa shape index (κ3) is 1.02. The Morgan fingerprint density at radius 1 is 1.27 bits per heavy atom. The van der Waals surface area contributed by atoms with E-state index in [0.717, 1.165) is 24.2 Å². The van der Waals surface area contributed by atoms with Gasteiger partial charge in [0.15, 0.2) is 0 Å². The van der Waals surface area contributed by atoms with E-state index in [1.165, 1.54) is 19.8 Å². The van der Waals surface area contributed by atoms with Crippen LogP contribution in [-0.2, 0) is 14.3 Å². The van der Waals surface area contributed by atoms with Gasteiger partial charge in [0.1, 0.15) is 6.10 Å². The molecular formula is C12H16O3. The molecule has 0 radical (unpaired) electrons. The van der Waals surface area contributed by atoms with Gasteiger partial charge in [-0.15, -0.1) is 0 Å². The second kappa shape index (κ2) is 2.57. The van der Waals surface area contributed by atoms with E-state index in [9.17, 15) is 4.79 Å². The summed E-state index contributed by atoms with van der Waals surface area (Å²) >= 11 is 0. The van der Waals surface area contributed by atoms with Crippen molar-refractivity contribution in [2.75, 3.05) is 0 Å². The zero-order chi connectivity index (χ0) is 10.2. The van der Waals surface area contributed by atoms with E-state index < -0.39 is 0 Å². The molecule has 0 spiro atoms. The van der Waals surface area contributed by atoms with Crippen LogP contribution in [0.4, 0.5) is 0 Å². The summed E-state index contributed by atoms with van der Waals surface area (Å²) < 4.78 is 11.1. The number of carbonyl (C=O) groups excluding carboxylic acids is 1. The van der Waals surface area contributed by atoms with Gasteiger partial charge in [0, 0.05) is 12.8 Å². The molecule has 2 bridgehead atoms. The van der Waals surface area contributed by atoms with Crippen LogP contribution in [0.5, 0.6) is 0 Å². The molecule has 0 N–H and O–H groups in total. The van der Waals surface area contributed by atoms with E-state index >= 15 is 0 Å². The van der Waals surface area contributed by atoms with Crippen molar-refractivity contribution in [1.29, 1.82) is 0 Å². The summed E-state index contributed by atoms with van der Waals surface area (Å²) in [7, 11) is 0. The summed E-state index contributed by atoms with van der Waals surface area (Å²) in [4.78, 5) is 11.0. The summed E-state index contributed by atoms with van der Waals surface area (Å²) in [6.07, 6.45) is 4.98. The molecule has 3 heteroatoms. The molecule has 15 heavy (non-hydrogen) atoms. The Balaban J connectivity index is 1.57. The van der Waals surface area contributed by atoms with Crippen molar-refractivity contribution in [3.8, 4) is 0 Å². The summed E-state index contributed by atoms with van der Waals surface area (Å²) in [5, 5.41) is 0. The molecule has 4 rings (SSSR count). The summed E-state index contributed by atoms with van der Waals surface area (Å²) in [5.41, 5.74) is 0. The number of ether oxygens (including phenoxy) is 2. The molecular weight excluding hydrogens is 192 g/mol. The minimum absolute atomic E-state index is 0.115. The normalized spacial score (nSPS) is 58.9. The average Bonchev–Trinajstić information content (AvgIpc) is 2.58. The van der Waals surface area contributed by atoms with Gasteiger partial charge in [0.25, 0.3) is 0 Å². The number of hydrogen-bond donors (Lipinski definition) is 0. The Hall–Kier alpha value is -0.570. The van der Waals surface area contributed by atoms with Crippen LogP contribution in [0.3, 0.4) is 0 Å². The molecule has 1 aliphatic heterocycles. The third-order valence-electron chi connectivity index (χ3n) is 5.00. The molecule has 0 aromatic rings. The number of hydrogen-bond acceptors (Lipinski definition) is 3. The fraction of sp³-hybridized carbons (Fsp3) is 0.917. The van der Waals surface area contributed by atoms with Crippen molar-refractivity contribution < 1.29 is 14.3 Å². The van der Waals surface area contributed by atoms with Gasteiger partial charge in [-0.25, -0.2) is 0 Å². The zero-order valence-corrected chi connectivity index (χ0v) is 8.89. The quantitative estimate of drug-likeness (QED) is 0.482. The minimum Gasteiger partial charge on any atom is -0.462 e. The molecule has 1 saturated heterocycles. The maximum atomic E-state index is 11.0. The average molecular weight is 208 g/mol. The highest BCUT2D eigenvalue weighted by Gasteiger charge is 2.67. The van der Waals surface area contributed by atoms with Crippen molar-refractivity contribution in [2.45, 2.75) is 44.5 Å². The highest BCUT2D eigenvalue weighted by atomic mass is 16.6. The topological polar surface area (TPSA) is 38.8 Å². The van der Waals surface area contributed by atoms with Crippen LogP contribution in [0.1, 0.15) is 26.2 Å². The van der Waals surface area contributed by atoms with E-state index in [2.05, 4.69) is 0 Å². The molecule has 1 heterocycles. The zero-order valence-electron chi connectivity index (χ0n) is 8.89. The molecule has 3 saturated carbocycles. The van der Waals surface area contributed by atoms with Crippen LogP contribution >= 0.6 is 0 Å². The minimum atomic E-state index is -0.115. The Morgan fingerprint density at radius 2 is 2.13 bits per heavy atom. The summed E-state index contributed by atoms with van der Waals surface area (Å²) in [6.45, 7) is 1.52. The smallest absolute Gasteiger partial charge is 0.302 e. The number of carbonyl (C=O) groups is 1. The largest absolute Gasteiger partial charge is 0.462 e. The first kappa shape index (κ1) is 8.57. The van der Waals surface area contributed by atoms with Crippen LogP contribution in [0.15, 0.2) is 0 Å². The predicted molar refractivity (Wildman–Crippen MR) is 52.0 cm³/mol. The summed E-state index contributed by atoms with van der Waals surface area (Å²) in [6, 6.07) is 0. The molecule has 3 nitrogen and oxygen atoms in total. The van der Waals surface area contributed by atoms with Crippen LogP contribution < -0.4 is 0 Å². The van der Waals surface area contributed by atoms with Crippen molar-refractivity contribution in [3.63, 3.8) is 0 Å². The van der Waals surface area contributed by atoms with Gasteiger partial charge >= 0.3 is 5.97 Å². The van der Waals surface area contributed by atoms with Crippen LogP contribution in [0, 0.1) is 23.7 Å². The Bertz CT molecular complexity index is 327. The first-order chi connectivity index (χ1) is 7.24. The molecule has 4 fully saturated rings. The van der Waals surface area contributed by atoms with Gasteiger partial charge in [0.05, 0.1) is 12.2 Å². The number of fused-ring (bicyclic) bond motifs is 7. The van der Waals surface area contributed by atoms with Crippen molar-refractivity contribution in [3.05, 3.63) is 0 Å². The van der Waals surface area contributed by atoms with E-state index in [-0.39, 0.29) is 12.1 Å². The fourth-order valence-corrected chi connectivity index (χ4v) is 4.60. The third-order valence-corrected chi connectivity index (χ3v) is 5.00. The van der Waals surface area contributed by atoms with Gasteiger partial charge in [-0.05, 0) is 37.0 Å². The number of epoxide rings is 1. The lowest BCUT2D eigenvalue weighted by molar-refractivity contribution is -0.150. The first-order valence-electron chi connectivity index (χ1n) is 6.06. The highest BCUT2D eigenvalue weighted by Crippen LogP contribution is 2.64. The molecule has 7 atom stereocenters. The lowest BCUT2D eigenvalue weighted by Gasteiger charge is -2.31. The maximum Gasteiger partial charge on any atom is 0.302 e. The number of esters is 1. The Kier molecular flexibility index (Phi) is 1.47. The van der Waals surface area contributed by atoms with Crippen LogP contribution in [0.25, 0.3) is 0 Å². The molecule has 82 valence electrons. The molecule has 3 aliphatic carbocycles. The van der Waals surface area contributed by atoms with Gasteiger partial charge in [-0.2, -0.15) is 0 Å². The van der Waals surface area contributed by atoms with Crippen molar-refractivity contribution in [1.82, 2.24) is 0 Å². The molecule has 0 amide bonds. The molecule has 4 aliphatic rings.